The molecule has 1 aliphatic rings. The van der Waals surface area contributed by atoms with Crippen LogP contribution in [0.3, 0.4) is 0 Å². The van der Waals surface area contributed by atoms with Crippen molar-refractivity contribution in [3.8, 4) is 0 Å². The highest BCUT2D eigenvalue weighted by Crippen LogP contribution is 1.96. The highest BCUT2D eigenvalue weighted by molar-refractivity contribution is 4.68. The molecule has 1 heterocycles. The first-order valence-corrected chi connectivity index (χ1v) is 6.54. The molecule has 0 aromatic heterocycles. The molecule has 0 radical (unpaired) electrons. The van der Waals surface area contributed by atoms with Gasteiger partial charge in [-0.15, -0.1) is 0 Å². The molecule has 0 aliphatic carbocycles. The Morgan fingerprint density at radius 3 is 1.69 bits per heavy atom. The zero-order valence-corrected chi connectivity index (χ0v) is 11.1. The Hall–Kier alpha value is -0.160. The van der Waals surface area contributed by atoms with E-state index in [1.807, 2.05) is 0 Å². The predicted octanol–water partition coefficient (Wildman–Crippen LogP) is -0.179. The fourth-order valence-electron chi connectivity index (χ4n) is 1.98. The number of nitrogens with one attached hydrogen (secondary N) is 2. The van der Waals surface area contributed by atoms with Gasteiger partial charge in [0, 0.05) is 58.4 Å². The average Bonchev–Trinajstić information content (AvgIpc) is 2.22. The molecule has 0 spiro atoms. The smallest absolute Gasteiger partial charge is 0.0110 e. The summed E-state index contributed by atoms with van der Waals surface area (Å²) in [6, 6.07) is 0.647. The molecule has 0 saturated carbocycles. The fourth-order valence-corrected chi connectivity index (χ4v) is 1.98. The molecule has 4 nitrogen and oxygen atoms in total. The van der Waals surface area contributed by atoms with Crippen molar-refractivity contribution in [2.45, 2.75) is 19.9 Å². The van der Waals surface area contributed by atoms with Gasteiger partial charge in [0.2, 0.25) is 0 Å². The molecule has 1 fully saturated rings. The summed E-state index contributed by atoms with van der Waals surface area (Å²) >= 11 is 0. The van der Waals surface area contributed by atoms with E-state index in [9.17, 15) is 0 Å². The Kier molecular flexibility index (Phi) is 6.96. The second-order valence-corrected chi connectivity index (χ2v) is 4.93. The highest BCUT2D eigenvalue weighted by atomic mass is 15.2. The number of rotatable bonds is 1. The zero-order valence-electron chi connectivity index (χ0n) is 11.1. The number of likely N-dealkylation sites (N-methyl/N-ethyl adjacent to an activating group) is 1. The maximum Gasteiger partial charge on any atom is 0.0110 e. The number of hydrogen-bond donors (Lipinski definition) is 2. The largest absolute Gasteiger partial charge is 0.314 e. The lowest BCUT2D eigenvalue weighted by Gasteiger charge is -2.28. The summed E-state index contributed by atoms with van der Waals surface area (Å²) in [6.45, 7) is 13.6. The molecule has 0 aromatic rings. The molecule has 2 N–H and O–H groups in total. The molecule has 0 unspecified atom stereocenters. The van der Waals surface area contributed by atoms with Crippen molar-refractivity contribution in [1.29, 1.82) is 0 Å². The van der Waals surface area contributed by atoms with Crippen LogP contribution in [0.5, 0.6) is 0 Å². The topological polar surface area (TPSA) is 30.5 Å². The van der Waals surface area contributed by atoms with E-state index in [0.717, 1.165) is 52.4 Å². The van der Waals surface area contributed by atoms with Crippen LogP contribution in [-0.2, 0) is 0 Å². The number of hydrogen-bond acceptors (Lipinski definition) is 4. The van der Waals surface area contributed by atoms with E-state index in [4.69, 9.17) is 0 Å². The average molecular weight is 228 g/mol. The van der Waals surface area contributed by atoms with E-state index in [0.29, 0.717) is 6.04 Å². The van der Waals surface area contributed by atoms with Gasteiger partial charge in [-0.2, -0.15) is 0 Å². The normalized spacial score (nSPS) is 24.0. The predicted molar refractivity (Wildman–Crippen MR) is 69.9 cm³/mol. The standard InChI is InChI=1S/C12H28N4/c1-12(2)16-10-6-13-4-8-15(3)9-5-14-7-11-16/h12-14H,4-11H2,1-3H3. The summed E-state index contributed by atoms with van der Waals surface area (Å²) in [6.07, 6.45) is 0. The lowest BCUT2D eigenvalue weighted by Crippen LogP contribution is -2.44. The van der Waals surface area contributed by atoms with Crippen molar-refractivity contribution < 1.29 is 0 Å². The third kappa shape index (κ3) is 5.80. The second-order valence-electron chi connectivity index (χ2n) is 4.93. The monoisotopic (exact) mass is 228 g/mol. The Bertz CT molecular complexity index is 158. The Balaban J connectivity index is 2.30. The molecule has 1 saturated heterocycles. The molecule has 0 bridgehead atoms. The van der Waals surface area contributed by atoms with E-state index in [1.54, 1.807) is 0 Å². The molecule has 16 heavy (non-hydrogen) atoms. The van der Waals surface area contributed by atoms with Gasteiger partial charge in [-0.25, -0.2) is 0 Å². The van der Waals surface area contributed by atoms with Gasteiger partial charge in [0.25, 0.3) is 0 Å². The van der Waals surface area contributed by atoms with E-state index in [1.165, 1.54) is 0 Å². The van der Waals surface area contributed by atoms with Crippen molar-refractivity contribution in [1.82, 2.24) is 20.4 Å². The highest BCUT2D eigenvalue weighted by Gasteiger charge is 2.09. The number of nitrogens with zero attached hydrogens (tertiary/aromatic N) is 2. The maximum atomic E-state index is 3.51. The van der Waals surface area contributed by atoms with Crippen LogP contribution in [0.1, 0.15) is 13.8 Å². The van der Waals surface area contributed by atoms with Crippen LogP contribution in [0.2, 0.25) is 0 Å². The van der Waals surface area contributed by atoms with Crippen LogP contribution in [0.4, 0.5) is 0 Å². The first kappa shape index (κ1) is 13.9. The van der Waals surface area contributed by atoms with Crippen molar-refractivity contribution in [3.63, 3.8) is 0 Å². The Labute approximate surface area is 100 Å². The minimum absolute atomic E-state index is 0.647. The second kappa shape index (κ2) is 8.01. The Morgan fingerprint density at radius 1 is 0.812 bits per heavy atom. The lowest BCUT2D eigenvalue weighted by molar-refractivity contribution is 0.215. The van der Waals surface area contributed by atoms with E-state index in [2.05, 4.69) is 41.3 Å². The van der Waals surface area contributed by atoms with E-state index in [-0.39, 0.29) is 0 Å². The van der Waals surface area contributed by atoms with Crippen LogP contribution in [0.15, 0.2) is 0 Å². The van der Waals surface area contributed by atoms with Crippen LogP contribution in [0, 0.1) is 0 Å². The van der Waals surface area contributed by atoms with Gasteiger partial charge in [-0.1, -0.05) is 0 Å². The molecule has 0 amide bonds. The summed E-state index contributed by atoms with van der Waals surface area (Å²) < 4.78 is 0. The molecule has 1 aliphatic heterocycles. The minimum Gasteiger partial charge on any atom is -0.314 e. The lowest BCUT2D eigenvalue weighted by atomic mass is 10.3. The van der Waals surface area contributed by atoms with Crippen molar-refractivity contribution >= 4 is 0 Å². The summed E-state index contributed by atoms with van der Waals surface area (Å²) in [7, 11) is 2.19. The minimum atomic E-state index is 0.647. The molecule has 96 valence electrons. The molecule has 0 atom stereocenters. The van der Waals surface area contributed by atoms with Crippen LogP contribution < -0.4 is 10.6 Å². The fraction of sp³-hybridized carbons (Fsp3) is 1.00. The molecule has 4 heteroatoms. The third-order valence-electron chi connectivity index (χ3n) is 3.22. The maximum absolute atomic E-state index is 3.51. The van der Waals surface area contributed by atoms with Gasteiger partial charge < -0.3 is 15.5 Å². The SMILES string of the molecule is CC(C)N1CCNCCN(C)CCNCC1. The summed E-state index contributed by atoms with van der Waals surface area (Å²) in [5, 5.41) is 7.03. The zero-order chi connectivity index (χ0) is 11.8. The molecular formula is C12H28N4. The van der Waals surface area contributed by atoms with E-state index < -0.39 is 0 Å². The van der Waals surface area contributed by atoms with Crippen LogP contribution in [0.25, 0.3) is 0 Å². The van der Waals surface area contributed by atoms with Gasteiger partial charge >= 0.3 is 0 Å². The van der Waals surface area contributed by atoms with Gasteiger partial charge in [0.05, 0.1) is 0 Å². The molecule has 0 aromatic carbocycles. The van der Waals surface area contributed by atoms with Crippen molar-refractivity contribution in [3.05, 3.63) is 0 Å². The van der Waals surface area contributed by atoms with E-state index >= 15 is 0 Å². The summed E-state index contributed by atoms with van der Waals surface area (Å²) in [5.74, 6) is 0. The first-order chi connectivity index (χ1) is 7.70. The molecular weight excluding hydrogens is 200 g/mol. The van der Waals surface area contributed by atoms with Crippen molar-refractivity contribution in [2.75, 3.05) is 59.4 Å². The van der Waals surface area contributed by atoms with Crippen LogP contribution in [-0.4, -0.2) is 75.2 Å². The summed E-state index contributed by atoms with van der Waals surface area (Å²) in [5.41, 5.74) is 0. The molecule has 1 rings (SSSR count). The summed E-state index contributed by atoms with van der Waals surface area (Å²) in [4.78, 5) is 4.91. The first-order valence-electron chi connectivity index (χ1n) is 6.54. The third-order valence-corrected chi connectivity index (χ3v) is 3.22. The quantitative estimate of drug-likeness (QED) is 0.652. The van der Waals surface area contributed by atoms with Gasteiger partial charge in [-0.05, 0) is 20.9 Å². The van der Waals surface area contributed by atoms with Gasteiger partial charge in [0.15, 0.2) is 0 Å². The van der Waals surface area contributed by atoms with Gasteiger partial charge in [0.1, 0.15) is 0 Å². The van der Waals surface area contributed by atoms with Crippen LogP contribution >= 0.6 is 0 Å². The van der Waals surface area contributed by atoms with Crippen molar-refractivity contribution in [2.24, 2.45) is 0 Å². The Morgan fingerprint density at radius 2 is 1.25 bits per heavy atom. The van der Waals surface area contributed by atoms with Gasteiger partial charge in [-0.3, -0.25) is 4.90 Å².